The van der Waals surface area contributed by atoms with E-state index < -0.39 is 20.8 Å². The van der Waals surface area contributed by atoms with Gasteiger partial charge in [0.05, 0.1) is 11.4 Å². The molecule has 1 rings (SSSR count). The summed E-state index contributed by atoms with van der Waals surface area (Å²) in [5, 5.41) is 0. The third kappa shape index (κ3) is 4.07. The molecule has 1 N–H and O–H groups in total. The molecule has 0 fully saturated rings. The van der Waals surface area contributed by atoms with Gasteiger partial charge in [-0.15, -0.1) is 11.3 Å². The van der Waals surface area contributed by atoms with E-state index in [0.717, 1.165) is 11.3 Å². The molecule has 0 aliphatic heterocycles. The Labute approximate surface area is 127 Å². The smallest absolute Gasteiger partial charge is 0.320 e. The van der Waals surface area contributed by atoms with Crippen LogP contribution in [0.15, 0.2) is 11.0 Å². The Kier molecular flexibility index (Phi) is 5.88. The quantitative estimate of drug-likeness (QED) is 0.612. The van der Waals surface area contributed by atoms with Crippen LogP contribution >= 0.6 is 50.5 Å². The van der Waals surface area contributed by atoms with Crippen LogP contribution in [0.25, 0.3) is 0 Å². The molecule has 0 spiro atoms. The number of hydrogen-bond donors (Lipinski definition) is 1. The van der Waals surface area contributed by atoms with Crippen LogP contribution in [0.5, 0.6) is 0 Å². The monoisotopic (exact) mass is 395 g/mol. The summed E-state index contributed by atoms with van der Waals surface area (Å²) in [5.74, 6) is -0.577. The molecule has 0 saturated heterocycles. The lowest BCUT2D eigenvalue weighted by Crippen LogP contribution is -2.33. The van der Waals surface area contributed by atoms with Crippen molar-refractivity contribution in [1.29, 1.82) is 0 Å². The summed E-state index contributed by atoms with van der Waals surface area (Å²) >= 11 is 15.4. The van der Waals surface area contributed by atoms with Gasteiger partial charge in [-0.25, -0.2) is 13.1 Å². The molecule has 10 heteroatoms. The van der Waals surface area contributed by atoms with Crippen molar-refractivity contribution in [3.8, 4) is 0 Å². The molecule has 0 aliphatic rings. The van der Waals surface area contributed by atoms with Crippen LogP contribution in [0.4, 0.5) is 0 Å². The predicted molar refractivity (Wildman–Crippen MR) is 74.3 cm³/mol. The summed E-state index contributed by atoms with van der Waals surface area (Å²) in [6.45, 7) is -0.154. The third-order valence-corrected chi connectivity index (χ3v) is 5.70. The highest BCUT2D eigenvalue weighted by atomic mass is 79.9. The molecule has 1 atom stereocenters. The van der Waals surface area contributed by atoms with Crippen molar-refractivity contribution in [3.05, 3.63) is 14.7 Å². The molecule has 1 unspecified atom stereocenters. The van der Waals surface area contributed by atoms with Crippen molar-refractivity contribution in [2.75, 3.05) is 13.7 Å². The lowest BCUT2D eigenvalue weighted by atomic mass is 10.4. The van der Waals surface area contributed by atoms with E-state index in [1.165, 1.54) is 13.2 Å². The molecule has 0 bridgehead atoms. The molecule has 102 valence electrons. The number of alkyl halides is 1. The van der Waals surface area contributed by atoms with Crippen LogP contribution in [0.2, 0.25) is 8.67 Å². The summed E-state index contributed by atoms with van der Waals surface area (Å²) in [7, 11) is -2.59. The van der Waals surface area contributed by atoms with Gasteiger partial charge in [-0.3, -0.25) is 4.79 Å². The van der Waals surface area contributed by atoms with Crippen molar-refractivity contribution in [2.45, 2.75) is 9.72 Å². The molecule has 5 nitrogen and oxygen atoms in total. The van der Waals surface area contributed by atoms with Crippen LogP contribution in [-0.2, 0) is 19.6 Å². The van der Waals surface area contributed by atoms with E-state index in [2.05, 4.69) is 25.4 Å². The molecular weight excluding hydrogens is 389 g/mol. The number of nitrogens with one attached hydrogen (secondary N) is 1. The highest BCUT2D eigenvalue weighted by Crippen LogP contribution is 2.34. The molecule has 0 amide bonds. The maximum atomic E-state index is 11.9. The van der Waals surface area contributed by atoms with Gasteiger partial charge in [-0.2, -0.15) is 0 Å². The van der Waals surface area contributed by atoms with E-state index in [9.17, 15) is 13.2 Å². The summed E-state index contributed by atoms with van der Waals surface area (Å²) in [5.41, 5.74) is 0. The predicted octanol–water partition coefficient (Wildman–Crippen LogP) is 2.27. The number of hydrogen-bond acceptors (Lipinski definition) is 5. The minimum Gasteiger partial charge on any atom is -0.468 e. The SMILES string of the molecule is COC(=O)C(Br)CNS(=O)(=O)c1cc(Cl)sc1Cl. The first-order valence-electron chi connectivity index (χ1n) is 4.44. The summed E-state index contributed by atoms with van der Waals surface area (Å²) in [6.07, 6.45) is 0. The molecule has 0 radical (unpaired) electrons. The lowest BCUT2D eigenvalue weighted by Gasteiger charge is -2.09. The second-order valence-corrected chi connectivity index (χ2v) is 8.16. The Hall–Kier alpha value is 0.140. The average Bonchev–Trinajstić information content (AvgIpc) is 2.65. The van der Waals surface area contributed by atoms with Gasteiger partial charge in [0, 0.05) is 6.54 Å². The molecule has 0 aliphatic carbocycles. The van der Waals surface area contributed by atoms with Crippen molar-refractivity contribution < 1.29 is 17.9 Å². The lowest BCUT2D eigenvalue weighted by molar-refractivity contribution is -0.139. The summed E-state index contributed by atoms with van der Waals surface area (Å²) in [6, 6.07) is 1.25. The summed E-state index contributed by atoms with van der Waals surface area (Å²) < 4.78 is 30.7. The van der Waals surface area contributed by atoms with E-state index in [1.54, 1.807) is 0 Å². The molecule has 1 heterocycles. The van der Waals surface area contributed by atoms with Gasteiger partial charge in [0.2, 0.25) is 10.0 Å². The Morgan fingerprint density at radius 3 is 2.67 bits per heavy atom. The van der Waals surface area contributed by atoms with E-state index in [4.69, 9.17) is 23.2 Å². The van der Waals surface area contributed by atoms with Crippen molar-refractivity contribution in [1.82, 2.24) is 4.72 Å². The van der Waals surface area contributed by atoms with E-state index >= 15 is 0 Å². The number of ether oxygens (including phenoxy) is 1. The number of rotatable bonds is 5. The molecule has 0 aromatic carbocycles. The topological polar surface area (TPSA) is 72.5 Å². The second-order valence-electron chi connectivity index (χ2n) is 3.03. The Morgan fingerprint density at radius 1 is 1.61 bits per heavy atom. The van der Waals surface area contributed by atoms with Crippen LogP contribution in [0.3, 0.4) is 0 Å². The highest BCUT2D eigenvalue weighted by Gasteiger charge is 2.23. The van der Waals surface area contributed by atoms with Gasteiger partial charge in [0.15, 0.2) is 0 Å². The van der Waals surface area contributed by atoms with E-state index in [-0.39, 0.29) is 20.1 Å². The number of sulfonamides is 1. The first kappa shape index (κ1) is 16.2. The summed E-state index contributed by atoms with van der Waals surface area (Å²) in [4.78, 5) is 10.2. The van der Waals surface area contributed by atoms with Crippen LogP contribution < -0.4 is 4.72 Å². The number of esters is 1. The molecule has 18 heavy (non-hydrogen) atoms. The second kappa shape index (κ2) is 6.53. The maximum Gasteiger partial charge on any atom is 0.320 e. The zero-order chi connectivity index (χ0) is 13.9. The number of thiophene rings is 1. The highest BCUT2D eigenvalue weighted by molar-refractivity contribution is 9.10. The first-order valence-corrected chi connectivity index (χ1v) is 8.41. The van der Waals surface area contributed by atoms with Gasteiger partial charge < -0.3 is 4.74 Å². The van der Waals surface area contributed by atoms with Gasteiger partial charge >= 0.3 is 5.97 Å². The van der Waals surface area contributed by atoms with Crippen LogP contribution in [0, 0.1) is 0 Å². The van der Waals surface area contributed by atoms with Gasteiger partial charge in [-0.1, -0.05) is 39.1 Å². The normalized spacial score (nSPS) is 13.3. The minimum absolute atomic E-state index is 0.0664. The molecule has 1 aromatic heterocycles. The molecule has 1 aromatic rings. The first-order chi connectivity index (χ1) is 8.27. The Balaban J connectivity index is 2.78. The fourth-order valence-corrected chi connectivity index (χ4v) is 4.74. The number of carbonyl (C=O) groups is 1. The average molecular weight is 397 g/mol. The van der Waals surface area contributed by atoms with Gasteiger partial charge in [0.1, 0.15) is 14.1 Å². The standard InChI is InChI=1S/C8H8BrCl2NO4S2/c1-16-8(13)4(9)3-12-18(14,15)5-2-6(10)17-7(5)11/h2,4,12H,3H2,1H3. The Bertz CT molecular complexity index is 545. The Morgan fingerprint density at radius 2 is 2.22 bits per heavy atom. The largest absolute Gasteiger partial charge is 0.468 e. The molecular formula is C8H8BrCl2NO4S2. The minimum atomic E-state index is -3.80. The van der Waals surface area contributed by atoms with Gasteiger partial charge in [0.25, 0.3) is 0 Å². The van der Waals surface area contributed by atoms with Gasteiger partial charge in [-0.05, 0) is 6.07 Å². The van der Waals surface area contributed by atoms with E-state index in [0.29, 0.717) is 0 Å². The fraction of sp³-hybridized carbons (Fsp3) is 0.375. The zero-order valence-corrected chi connectivity index (χ0v) is 13.7. The number of carbonyl (C=O) groups excluding carboxylic acids is 1. The number of methoxy groups -OCH3 is 1. The third-order valence-electron chi connectivity index (χ3n) is 1.82. The van der Waals surface area contributed by atoms with Crippen LogP contribution in [0.1, 0.15) is 0 Å². The van der Waals surface area contributed by atoms with E-state index in [1.807, 2.05) is 0 Å². The van der Waals surface area contributed by atoms with Crippen molar-refractivity contribution in [3.63, 3.8) is 0 Å². The van der Waals surface area contributed by atoms with Crippen molar-refractivity contribution in [2.24, 2.45) is 0 Å². The maximum absolute atomic E-state index is 11.9. The molecule has 0 saturated carbocycles. The fourth-order valence-electron chi connectivity index (χ4n) is 0.980. The van der Waals surface area contributed by atoms with Crippen molar-refractivity contribution >= 4 is 66.5 Å². The number of halogens is 3. The zero-order valence-electron chi connectivity index (χ0n) is 8.95. The van der Waals surface area contributed by atoms with Crippen LogP contribution in [-0.4, -0.2) is 32.9 Å².